The summed E-state index contributed by atoms with van der Waals surface area (Å²) in [5, 5.41) is 29.3. The molecule has 0 fully saturated rings. The quantitative estimate of drug-likeness (QED) is 0.548. The average molecular weight is 377 g/mol. The predicted octanol–water partition coefficient (Wildman–Crippen LogP) is 5.16. The van der Waals surface area contributed by atoms with Crippen LogP contribution < -0.4 is 5.32 Å². The SMILES string of the molecule is Cc1cc(C)c2c(c1)-c1cc(C)nn1[C@@H](c1cc(C(C)(C)C)c(O)cc1O)N2. The monoisotopic (exact) mass is 377 g/mol. The highest BCUT2D eigenvalue weighted by Gasteiger charge is 2.31. The van der Waals surface area contributed by atoms with Crippen LogP contribution in [0.25, 0.3) is 11.3 Å². The molecule has 5 heteroatoms. The van der Waals surface area contributed by atoms with Crippen LogP contribution in [0, 0.1) is 20.8 Å². The summed E-state index contributed by atoms with van der Waals surface area (Å²) in [4.78, 5) is 0. The third kappa shape index (κ3) is 2.82. The molecule has 0 amide bonds. The molecule has 0 aliphatic carbocycles. The average Bonchev–Trinajstić information content (AvgIpc) is 2.95. The molecular weight excluding hydrogens is 350 g/mol. The molecule has 4 rings (SSSR count). The summed E-state index contributed by atoms with van der Waals surface area (Å²) in [5.41, 5.74) is 7.68. The number of nitrogens with one attached hydrogen (secondary N) is 1. The van der Waals surface area contributed by atoms with Crippen molar-refractivity contribution in [2.75, 3.05) is 5.32 Å². The van der Waals surface area contributed by atoms with E-state index < -0.39 is 0 Å². The first-order valence-corrected chi connectivity index (χ1v) is 9.57. The summed E-state index contributed by atoms with van der Waals surface area (Å²) in [6, 6.07) is 9.71. The molecule has 1 aromatic heterocycles. The predicted molar refractivity (Wildman–Crippen MR) is 112 cm³/mol. The molecule has 1 aliphatic rings. The fourth-order valence-electron chi connectivity index (χ4n) is 4.10. The number of aryl methyl sites for hydroxylation is 3. The third-order valence-electron chi connectivity index (χ3n) is 5.39. The minimum absolute atomic E-state index is 0.0512. The van der Waals surface area contributed by atoms with E-state index in [1.54, 1.807) is 0 Å². The van der Waals surface area contributed by atoms with Crippen molar-refractivity contribution < 1.29 is 10.2 Å². The molecule has 3 N–H and O–H groups in total. The van der Waals surface area contributed by atoms with E-state index in [-0.39, 0.29) is 23.1 Å². The molecule has 0 unspecified atom stereocenters. The number of fused-ring (bicyclic) bond motifs is 3. The van der Waals surface area contributed by atoms with Crippen LogP contribution in [0.1, 0.15) is 54.9 Å². The van der Waals surface area contributed by atoms with Crippen molar-refractivity contribution in [3.8, 4) is 22.8 Å². The Morgan fingerprint density at radius 3 is 2.36 bits per heavy atom. The van der Waals surface area contributed by atoms with Gasteiger partial charge in [0.2, 0.25) is 0 Å². The summed E-state index contributed by atoms with van der Waals surface area (Å²) in [6.07, 6.45) is -0.362. The number of hydrogen-bond donors (Lipinski definition) is 3. The Labute approximate surface area is 165 Å². The highest BCUT2D eigenvalue weighted by Crippen LogP contribution is 2.44. The molecule has 0 radical (unpaired) electrons. The van der Waals surface area contributed by atoms with Gasteiger partial charge in [-0.05, 0) is 55.5 Å². The number of nitrogens with zero attached hydrogens (tertiary/aromatic N) is 2. The lowest BCUT2D eigenvalue weighted by Gasteiger charge is -2.32. The highest BCUT2D eigenvalue weighted by atomic mass is 16.3. The summed E-state index contributed by atoms with van der Waals surface area (Å²) in [5.74, 6) is 0.156. The maximum atomic E-state index is 10.7. The van der Waals surface area contributed by atoms with Gasteiger partial charge in [-0.15, -0.1) is 0 Å². The van der Waals surface area contributed by atoms with E-state index in [1.807, 2.05) is 38.4 Å². The molecule has 2 aromatic carbocycles. The Bertz CT molecular complexity index is 1090. The van der Waals surface area contributed by atoms with Crippen LogP contribution in [0.2, 0.25) is 0 Å². The van der Waals surface area contributed by atoms with Crippen molar-refractivity contribution in [2.24, 2.45) is 0 Å². The second-order valence-electron chi connectivity index (χ2n) is 8.84. The molecule has 0 bridgehead atoms. The number of benzene rings is 2. The number of phenols is 2. The number of rotatable bonds is 1. The van der Waals surface area contributed by atoms with Crippen molar-refractivity contribution in [2.45, 2.75) is 53.1 Å². The maximum absolute atomic E-state index is 10.7. The van der Waals surface area contributed by atoms with Crippen LogP contribution in [0.4, 0.5) is 5.69 Å². The lowest BCUT2D eigenvalue weighted by atomic mass is 9.84. The van der Waals surface area contributed by atoms with Crippen molar-refractivity contribution >= 4 is 5.69 Å². The van der Waals surface area contributed by atoms with Crippen LogP contribution in [-0.4, -0.2) is 20.0 Å². The van der Waals surface area contributed by atoms with Gasteiger partial charge in [0.25, 0.3) is 0 Å². The standard InChI is InChI=1S/C23H27N3O2/c1-12-7-13(2)21-15(8-12)18-9-14(3)25-26(18)22(24-21)16-10-17(23(4,5)6)20(28)11-19(16)27/h7-11,22,24,27-28H,1-6H3/t22-/m0/s1. The molecule has 5 nitrogen and oxygen atoms in total. The van der Waals surface area contributed by atoms with Crippen LogP contribution in [-0.2, 0) is 5.41 Å². The van der Waals surface area contributed by atoms with Crippen LogP contribution >= 0.6 is 0 Å². The topological polar surface area (TPSA) is 70.3 Å². The van der Waals surface area contributed by atoms with E-state index in [0.717, 1.165) is 33.8 Å². The van der Waals surface area contributed by atoms with Crippen molar-refractivity contribution in [1.82, 2.24) is 9.78 Å². The van der Waals surface area contributed by atoms with E-state index in [9.17, 15) is 10.2 Å². The number of phenolic OH excluding ortho intramolecular Hbond substituents is 2. The third-order valence-corrected chi connectivity index (χ3v) is 5.39. The van der Waals surface area contributed by atoms with Crippen molar-refractivity contribution in [1.29, 1.82) is 0 Å². The Morgan fingerprint density at radius 1 is 0.964 bits per heavy atom. The molecule has 0 saturated heterocycles. The minimum Gasteiger partial charge on any atom is -0.508 e. The van der Waals surface area contributed by atoms with Gasteiger partial charge in [0, 0.05) is 22.9 Å². The smallest absolute Gasteiger partial charge is 0.150 e. The van der Waals surface area contributed by atoms with Gasteiger partial charge in [-0.2, -0.15) is 5.10 Å². The number of aromatic hydroxyl groups is 2. The van der Waals surface area contributed by atoms with Gasteiger partial charge < -0.3 is 15.5 Å². The molecule has 28 heavy (non-hydrogen) atoms. The summed E-state index contributed by atoms with van der Waals surface area (Å²) < 4.78 is 1.93. The molecule has 3 aromatic rings. The van der Waals surface area contributed by atoms with Gasteiger partial charge in [-0.25, -0.2) is 4.68 Å². The largest absolute Gasteiger partial charge is 0.508 e. The van der Waals surface area contributed by atoms with E-state index in [0.29, 0.717) is 5.56 Å². The van der Waals surface area contributed by atoms with E-state index in [1.165, 1.54) is 11.6 Å². The zero-order valence-corrected chi connectivity index (χ0v) is 17.3. The molecule has 2 heterocycles. The molecular formula is C23H27N3O2. The van der Waals surface area contributed by atoms with E-state index in [2.05, 4.69) is 37.4 Å². The van der Waals surface area contributed by atoms with Crippen LogP contribution in [0.5, 0.6) is 11.5 Å². The van der Waals surface area contributed by atoms with Gasteiger partial charge in [-0.1, -0.05) is 32.4 Å². The highest BCUT2D eigenvalue weighted by molar-refractivity contribution is 5.82. The van der Waals surface area contributed by atoms with Crippen molar-refractivity contribution in [3.63, 3.8) is 0 Å². The normalized spacial score (nSPS) is 15.7. The van der Waals surface area contributed by atoms with Gasteiger partial charge in [0.05, 0.1) is 11.4 Å². The Balaban J connectivity index is 1.95. The van der Waals surface area contributed by atoms with Gasteiger partial charge >= 0.3 is 0 Å². The Morgan fingerprint density at radius 2 is 1.68 bits per heavy atom. The minimum atomic E-state index is -0.362. The van der Waals surface area contributed by atoms with E-state index >= 15 is 0 Å². The van der Waals surface area contributed by atoms with E-state index in [4.69, 9.17) is 5.10 Å². The molecule has 146 valence electrons. The zero-order chi connectivity index (χ0) is 20.4. The van der Waals surface area contributed by atoms with Crippen LogP contribution in [0.3, 0.4) is 0 Å². The number of aromatic nitrogens is 2. The lowest BCUT2D eigenvalue weighted by Crippen LogP contribution is -2.27. The first kappa shape index (κ1) is 18.4. The Kier molecular flexibility index (Phi) is 3.96. The Hall–Kier alpha value is -2.95. The summed E-state index contributed by atoms with van der Waals surface area (Å²) >= 11 is 0. The summed E-state index contributed by atoms with van der Waals surface area (Å²) in [6.45, 7) is 12.3. The van der Waals surface area contributed by atoms with Crippen molar-refractivity contribution in [3.05, 3.63) is 58.3 Å². The second-order valence-corrected chi connectivity index (χ2v) is 8.84. The molecule has 1 atom stereocenters. The molecule has 0 spiro atoms. The summed E-state index contributed by atoms with van der Waals surface area (Å²) in [7, 11) is 0. The van der Waals surface area contributed by atoms with Crippen LogP contribution in [0.15, 0.2) is 30.3 Å². The first-order valence-electron chi connectivity index (χ1n) is 9.57. The number of anilines is 1. The molecule has 0 saturated carbocycles. The van der Waals surface area contributed by atoms with Gasteiger partial charge in [-0.3, -0.25) is 0 Å². The molecule has 1 aliphatic heterocycles. The van der Waals surface area contributed by atoms with Gasteiger partial charge in [0.1, 0.15) is 11.5 Å². The second kappa shape index (κ2) is 6.03. The zero-order valence-electron chi connectivity index (χ0n) is 17.3. The van der Waals surface area contributed by atoms with Gasteiger partial charge in [0.15, 0.2) is 6.17 Å². The fourth-order valence-corrected chi connectivity index (χ4v) is 4.10. The first-order chi connectivity index (χ1) is 13.1. The fraction of sp³-hybridized carbons (Fsp3) is 0.348. The lowest BCUT2D eigenvalue weighted by molar-refractivity contribution is 0.421. The maximum Gasteiger partial charge on any atom is 0.150 e. The number of hydrogen-bond acceptors (Lipinski definition) is 4.